The predicted molar refractivity (Wildman–Crippen MR) is 98.9 cm³/mol. The van der Waals surface area contributed by atoms with Crippen molar-refractivity contribution in [2.75, 3.05) is 13.2 Å². The number of rotatable bonds is 4. The third kappa shape index (κ3) is 7.02. The largest absolute Gasteiger partial charge is 1.00 e. The molecule has 2 heterocycles. The van der Waals surface area contributed by atoms with Gasteiger partial charge < -0.3 is 9.47 Å². The number of nitrogens with zero attached hydrogens (tertiary/aromatic N) is 2. The quantitative estimate of drug-likeness (QED) is 0.528. The van der Waals surface area contributed by atoms with Crippen molar-refractivity contribution in [2.24, 2.45) is 15.4 Å². The average molecular weight is 497 g/mol. The zero-order valence-electron chi connectivity index (χ0n) is 16.9. The van der Waals surface area contributed by atoms with Crippen LogP contribution in [0.3, 0.4) is 0 Å². The van der Waals surface area contributed by atoms with E-state index in [-0.39, 0.29) is 29.2 Å². The zero-order valence-corrected chi connectivity index (χ0v) is 18.6. The van der Waals surface area contributed by atoms with Crippen LogP contribution in [0.25, 0.3) is 0 Å². The van der Waals surface area contributed by atoms with Crippen LogP contribution in [0.4, 0.5) is 0 Å². The Bertz CT molecular complexity index is 830. The Morgan fingerprint density at radius 3 is 1.39 bits per heavy atom. The molecule has 0 aromatic heterocycles. The van der Waals surface area contributed by atoms with Gasteiger partial charge >= 0.3 is 17.1 Å². The summed E-state index contributed by atoms with van der Waals surface area (Å²) in [7, 11) is -4.94. The van der Waals surface area contributed by atoms with Gasteiger partial charge in [-0.1, -0.05) is 60.7 Å². The molecule has 10 heteroatoms. The Hall–Kier alpha value is -1.97. The summed E-state index contributed by atoms with van der Waals surface area (Å²) < 4.78 is 45.8. The Morgan fingerprint density at radius 2 is 1.06 bits per heavy atom. The van der Waals surface area contributed by atoms with Gasteiger partial charge in [0.05, 0.1) is 0 Å². The standard InChI is InChI=1S/C21H22N2O2.ClHO4.Cu/c1-21(2,19-22-17(13-24-19)15-9-5-3-6-10-15)20-23-18(14-25-20)16-11-7-4-8-12-16;2-1(3,4)5;/h3-12,17-18H,13-14H2,1-2H3;(H,2,3,4,5);/q;;+1/p-1/t17-,18-;;/m1../s1. The van der Waals surface area contributed by atoms with Gasteiger partial charge in [-0.3, -0.25) is 0 Å². The van der Waals surface area contributed by atoms with E-state index < -0.39 is 15.7 Å². The fourth-order valence-electron chi connectivity index (χ4n) is 3.21. The maximum absolute atomic E-state index is 8.49. The van der Waals surface area contributed by atoms with E-state index in [0.29, 0.717) is 25.0 Å². The molecule has 0 fully saturated rings. The van der Waals surface area contributed by atoms with E-state index in [0.717, 1.165) is 0 Å². The van der Waals surface area contributed by atoms with Gasteiger partial charge in [-0.25, -0.2) is 28.6 Å². The minimum atomic E-state index is -4.94. The van der Waals surface area contributed by atoms with Crippen molar-refractivity contribution >= 4 is 11.8 Å². The molecule has 2 aliphatic rings. The van der Waals surface area contributed by atoms with E-state index in [9.17, 15) is 0 Å². The summed E-state index contributed by atoms with van der Waals surface area (Å²) in [5, 5.41) is 0. The Morgan fingerprint density at radius 1 is 0.742 bits per heavy atom. The van der Waals surface area contributed by atoms with Gasteiger partial charge in [-0.05, 0) is 25.0 Å². The minimum absolute atomic E-state index is 0. The summed E-state index contributed by atoms with van der Waals surface area (Å²) in [5.41, 5.74) is 1.88. The van der Waals surface area contributed by atoms with Crippen molar-refractivity contribution in [3.05, 3.63) is 71.8 Å². The van der Waals surface area contributed by atoms with Crippen molar-refractivity contribution in [2.45, 2.75) is 25.9 Å². The van der Waals surface area contributed by atoms with Crippen LogP contribution >= 0.6 is 0 Å². The maximum Gasteiger partial charge on any atom is 1.00 e. The fraction of sp³-hybridized carbons (Fsp3) is 0.333. The first kappa shape index (κ1) is 25.3. The molecule has 0 N–H and O–H groups in total. The average Bonchev–Trinajstić information content (AvgIpc) is 3.39. The Labute approximate surface area is 193 Å². The number of benzene rings is 2. The molecule has 2 aliphatic heterocycles. The van der Waals surface area contributed by atoms with E-state index in [4.69, 9.17) is 38.1 Å². The number of ether oxygens (including phenoxy) is 2. The molecule has 8 nitrogen and oxygen atoms in total. The van der Waals surface area contributed by atoms with E-state index >= 15 is 0 Å². The molecule has 2 aromatic carbocycles. The predicted octanol–water partition coefficient (Wildman–Crippen LogP) is -0.406. The van der Waals surface area contributed by atoms with Crippen LogP contribution in [0, 0.1) is 15.7 Å². The molecule has 0 unspecified atom stereocenters. The molecule has 170 valence electrons. The first-order valence-corrected chi connectivity index (χ1v) is 10.5. The van der Waals surface area contributed by atoms with Crippen molar-refractivity contribution in [1.82, 2.24) is 0 Å². The fourth-order valence-corrected chi connectivity index (χ4v) is 3.21. The van der Waals surface area contributed by atoms with Crippen LogP contribution < -0.4 is 18.6 Å². The van der Waals surface area contributed by atoms with Crippen molar-refractivity contribution in [3.8, 4) is 0 Å². The van der Waals surface area contributed by atoms with Crippen LogP contribution in [-0.4, -0.2) is 25.0 Å². The molecular weight excluding hydrogens is 475 g/mol. The van der Waals surface area contributed by atoms with Gasteiger partial charge in [0.15, 0.2) is 11.8 Å². The Kier molecular flexibility index (Phi) is 8.62. The van der Waals surface area contributed by atoms with Crippen molar-refractivity contribution in [1.29, 1.82) is 0 Å². The van der Waals surface area contributed by atoms with E-state index in [1.807, 2.05) is 36.4 Å². The van der Waals surface area contributed by atoms with E-state index in [1.54, 1.807) is 0 Å². The first-order chi connectivity index (χ1) is 14.1. The van der Waals surface area contributed by atoms with Gasteiger partial charge in [0.1, 0.15) is 30.7 Å². The molecule has 2 atom stereocenters. The molecular formula is C21H22ClCuN2O6. The van der Waals surface area contributed by atoms with Crippen LogP contribution in [0.2, 0.25) is 0 Å². The summed E-state index contributed by atoms with van der Waals surface area (Å²) in [4.78, 5) is 9.61. The number of aliphatic imine (C=N–C) groups is 2. The van der Waals surface area contributed by atoms with Crippen LogP contribution in [0.1, 0.15) is 37.1 Å². The van der Waals surface area contributed by atoms with E-state index in [1.165, 1.54) is 11.1 Å². The van der Waals surface area contributed by atoms with Crippen molar-refractivity contribution in [3.63, 3.8) is 0 Å². The monoisotopic (exact) mass is 496 g/mol. The smallest absolute Gasteiger partial charge is 0.478 e. The Balaban J connectivity index is 0.000000514. The van der Waals surface area contributed by atoms with Gasteiger partial charge in [0.25, 0.3) is 0 Å². The third-order valence-electron chi connectivity index (χ3n) is 4.74. The van der Waals surface area contributed by atoms with Gasteiger partial charge in [0, 0.05) is 0 Å². The SMILES string of the molecule is CC(C)(C1=N[C@@H](c2ccccc2)CO1)C1=N[C@@H](c2ccccc2)CO1.[Cu+].[O-][Cl+3]([O-])([O-])[O-]. The molecule has 31 heavy (non-hydrogen) atoms. The number of halogens is 1. The first-order valence-electron chi connectivity index (χ1n) is 9.28. The summed E-state index contributed by atoms with van der Waals surface area (Å²) in [5.74, 6) is 1.41. The zero-order chi connectivity index (χ0) is 21.8. The molecule has 2 aromatic rings. The van der Waals surface area contributed by atoms with Crippen LogP contribution in [0.5, 0.6) is 0 Å². The summed E-state index contributed by atoms with van der Waals surface area (Å²) in [6, 6.07) is 20.6. The molecule has 0 saturated carbocycles. The number of hydrogen-bond donors (Lipinski definition) is 0. The summed E-state index contributed by atoms with van der Waals surface area (Å²) >= 11 is 0. The molecule has 0 aliphatic carbocycles. The van der Waals surface area contributed by atoms with Gasteiger partial charge in [-0.15, -0.1) is 10.2 Å². The topological polar surface area (TPSA) is 135 Å². The maximum atomic E-state index is 8.49. The van der Waals surface area contributed by atoms with Crippen LogP contribution in [0.15, 0.2) is 70.6 Å². The van der Waals surface area contributed by atoms with Gasteiger partial charge in [-0.2, -0.15) is 0 Å². The minimum Gasteiger partial charge on any atom is -0.478 e. The molecule has 0 amide bonds. The molecule has 0 saturated heterocycles. The van der Waals surface area contributed by atoms with Gasteiger partial charge in [0.2, 0.25) is 0 Å². The molecule has 0 spiro atoms. The van der Waals surface area contributed by atoms with Crippen LogP contribution in [-0.2, 0) is 26.5 Å². The number of hydrogen-bond acceptors (Lipinski definition) is 8. The second-order valence-corrected chi connectivity index (χ2v) is 8.10. The van der Waals surface area contributed by atoms with Crippen molar-refractivity contribution < 1.29 is 55.4 Å². The summed E-state index contributed by atoms with van der Waals surface area (Å²) in [6.45, 7) is 5.26. The molecule has 0 bridgehead atoms. The third-order valence-corrected chi connectivity index (χ3v) is 4.74. The van der Waals surface area contributed by atoms with E-state index in [2.05, 4.69) is 38.1 Å². The molecule has 0 radical (unpaired) electrons. The molecule has 4 rings (SSSR count). The normalized spacial score (nSPS) is 20.3. The second kappa shape index (κ2) is 10.6. The second-order valence-electron chi connectivity index (χ2n) is 7.35. The summed E-state index contributed by atoms with van der Waals surface area (Å²) in [6.07, 6.45) is 0.